The monoisotopic (exact) mass is 242 g/mol. The molecule has 2 rings (SSSR count). The number of nitrogens with two attached hydrogens (primary N) is 1. The topological polar surface area (TPSA) is 59.0 Å². The number of ether oxygens (including phenoxy) is 1. The van der Waals surface area contributed by atoms with Crippen LogP contribution >= 0.6 is 0 Å². The molecule has 0 unspecified atom stereocenters. The van der Waals surface area contributed by atoms with E-state index in [-0.39, 0.29) is 5.75 Å². The van der Waals surface area contributed by atoms with Crippen LogP contribution in [0.15, 0.2) is 42.5 Å². The van der Waals surface area contributed by atoms with Crippen molar-refractivity contribution in [3.05, 3.63) is 59.4 Å². The van der Waals surface area contributed by atoms with Crippen LogP contribution in [0.25, 0.3) is 0 Å². The summed E-state index contributed by atoms with van der Waals surface area (Å²) >= 11 is 0. The molecule has 18 heavy (non-hydrogen) atoms. The van der Waals surface area contributed by atoms with Crippen molar-refractivity contribution in [2.75, 3.05) is 0 Å². The lowest BCUT2D eigenvalue weighted by Crippen LogP contribution is -1.98. The highest BCUT2D eigenvalue weighted by atomic mass is 19.1. The largest absolute Gasteiger partial charge is 0.453 e. The van der Waals surface area contributed by atoms with Gasteiger partial charge in [-0.3, -0.25) is 0 Å². The molecule has 0 aliphatic heterocycles. The first-order valence-electron chi connectivity index (χ1n) is 5.40. The molecule has 0 spiro atoms. The standard InChI is InChI=1S/C14H11FN2O/c15-12-3-1-2-4-14(12)18-13-6-5-10(8-16)7-11(13)9-17/h1-7H,8,16H2. The molecule has 0 saturated heterocycles. The Kier molecular flexibility index (Phi) is 3.56. The van der Waals surface area contributed by atoms with E-state index in [4.69, 9.17) is 15.7 Å². The Hall–Kier alpha value is -2.38. The summed E-state index contributed by atoms with van der Waals surface area (Å²) < 4.78 is 18.8. The van der Waals surface area contributed by atoms with E-state index >= 15 is 0 Å². The molecule has 0 fully saturated rings. The van der Waals surface area contributed by atoms with Crippen LogP contribution in [0, 0.1) is 17.1 Å². The van der Waals surface area contributed by atoms with Gasteiger partial charge in [0.2, 0.25) is 0 Å². The van der Waals surface area contributed by atoms with Crippen LogP contribution in [0.5, 0.6) is 11.5 Å². The number of rotatable bonds is 3. The second-order valence-electron chi connectivity index (χ2n) is 3.68. The molecule has 3 nitrogen and oxygen atoms in total. The summed E-state index contributed by atoms with van der Waals surface area (Å²) in [7, 11) is 0. The highest BCUT2D eigenvalue weighted by Gasteiger charge is 2.08. The molecule has 0 amide bonds. The van der Waals surface area contributed by atoms with Gasteiger partial charge >= 0.3 is 0 Å². The SMILES string of the molecule is N#Cc1cc(CN)ccc1Oc1ccccc1F. The summed E-state index contributed by atoms with van der Waals surface area (Å²) in [6.45, 7) is 0.342. The molecule has 0 aliphatic carbocycles. The van der Waals surface area contributed by atoms with Crippen LogP contribution in [0.3, 0.4) is 0 Å². The van der Waals surface area contributed by atoms with Crippen LogP contribution < -0.4 is 10.5 Å². The Labute approximate surface area is 104 Å². The van der Waals surface area contributed by atoms with Gasteiger partial charge in [-0.15, -0.1) is 0 Å². The Balaban J connectivity index is 2.35. The van der Waals surface area contributed by atoms with Gasteiger partial charge in [-0.25, -0.2) is 4.39 Å². The molecular weight excluding hydrogens is 231 g/mol. The first-order valence-corrected chi connectivity index (χ1v) is 5.40. The predicted molar refractivity (Wildman–Crippen MR) is 65.5 cm³/mol. The average Bonchev–Trinajstić information content (AvgIpc) is 2.41. The summed E-state index contributed by atoms with van der Waals surface area (Å²) in [6.07, 6.45) is 0. The van der Waals surface area contributed by atoms with E-state index in [1.807, 2.05) is 6.07 Å². The molecule has 0 aromatic heterocycles. The maximum Gasteiger partial charge on any atom is 0.165 e. The smallest absolute Gasteiger partial charge is 0.165 e. The summed E-state index contributed by atoms with van der Waals surface area (Å²) in [5.74, 6) is -0.0569. The zero-order valence-corrected chi connectivity index (χ0v) is 9.56. The van der Waals surface area contributed by atoms with Crippen molar-refractivity contribution in [1.82, 2.24) is 0 Å². The average molecular weight is 242 g/mol. The normalized spacial score (nSPS) is 9.83. The summed E-state index contributed by atoms with van der Waals surface area (Å²) in [5, 5.41) is 9.02. The molecule has 2 aromatic rings. The number of nitriles is 1. The number of para-hydroxylation sites is 1. The summed E-state index contributed by atoms with van der Waals surface area (Å²) in [4.78, 5) is 0. The minimum atomic E-state index is -0.468. The van der Waals surface area contributed by atoms with Gasteiger partial charge in [0.1, 0.15) is 11.8 Å². The summed E-state index contributed by atoms with van der Waals surface area (Å²) in [6, 6.07) is 13.1. The van der Waals surface area contributed by atoms with Gasteiger partial charge in [0.15, 0.2) is 11.6 Å². The molecule has 4 heteroatoms. The molecule has 0 bridgehead atoms. The van der Waals surface area contributed by atoms with Crippen molar-refractivity contribution in [2.45, 2.75) is 6.54 Å². The van der Waals surface area contributed by atoms with Crippen LogP contribution in [0.2, 0.25) is 0 Å². The van der Waals surface area contributed by atoms with Crippen LogP contribution in [0.1, 0.15) is 11.1 Å². The maximum absolute atomic E-state index is 13.4. The van der Waals surface area contributed by atoms with Crippen molar-refractivity contribution in [3.8, 4) is 17.6 Å². The minimum absolute atomic E-state index is 0.0921. The summed E-state index contributed by atoms with van der Waals surface area (Å²) in [5.41, 5.74) is 6.65. The quantitative estimate of drug-likeness (QED) is 0.900. The molecule has 90 valence electrons. The van der Waals surface area contributed by atoms with Crippen LogP contribution in [-0.2, 0) is 6.54 Å². The van der Waals surface area contributed by atoms with Crippen molar-refractivity contribution in [3.63, 3.8) is 0 Å². The first-order chi connectivity index (χ1) is 8.74. The van der Waals surface area contributed by atoms with Gasteiger partial charge in [0.25, 0.3) is 0 Å². The van der Waals surface area contributed by atoms with E-state index in [2.05, 4.69) is 0 Å². The molecule has 0 aliphatic rings. The lowest BCUT2D eigenvalue weighted by Gasteiger charge is -2.09. The number of hydrogen-bond donors (Lipinski definition) is 1. The highest BCUT2D eigenvalue weighted by molar-refractivity contribution is 5.47. The van der Waals surface area contributed by atoms with Gasteiger partial charge in [0.05, 0.1) is 5.56 Å². The number of benzene rings is 2. The van der Waals surface area contributed by atoms with Crippen molar-refractivity contribution in [2.24, 2.45) is 5.73 Å². The molecule has 2 N–H and O–H groups in total. The predicted octanol–water partition coefficient (Wildman–Crippen LogP) is 2.95. The number of hydrogen-bond acceptors (Lipinski definition) is 3. The zero-order chi connectivity index (χ0) is 13.0. The maximum atomic E-state index is 13.4. The van der Waals surface area contributed by atoms with Crippen molar-refractivity contribution < 1.29 is 9.13 Å². The fourth-order valence-electron chi connectivity index (χ4n) is 1.53. The second-order valence-corrected chi connectivity index (χ2v) is 3.68. The third-order valence-electron chi connectivity index (χ3n) is 2.46. The zero-order valence-electron chi connectivity index (χ0n) is 9.56. The Morgan fingerprint density at radius 1 is 1.17 bits per heavy atom. The van der Waals surface area contributed by atoms with E-state index in [0.717, 1.165) is 5.56 Å². The van der Waals surface area contributed by atoms with Crippen LogP contribution in [0.4, 0.5) is 4.39 Å². The molecule has 0 saturated carbocycles. The van der Waals surface area contributed by atoms with E-state index in [0.29, 0.717) is 17.9 Å². The Morgan fingerprint density at radius 3 is 2.61 bits per heavy atom. The van der Waals surface area contributed by atoms with Gasteiger partial charge < -0.3 is 10.5 Å². The second kappa shape index (κ2) is 5.30. The van der Waals surface area contributed by atoms with Crippen molar-refractivity contribution in [1.29, 1.82) is 5.26 Å². The van der Waals surface area contributed by atoms with E-state index in [1.54, 1.807) is 30.3 Å². The minimum Gasteiger partial charge on any atom is -0.453 e. The highest BCUT2D eigenvalue weighted by Crippen LogP contribution is 2.27. The fraction of sp³-hybridized carbons (Fsp3) is 0.0714. The Morgan fingerprint density at radius 2 is 1.94 bits per heavy atom. The van der Waals surface area contributed by atoms with Gasteiger partial charge in [-0.1, -0.05) is 18.2 Å². The van der Waals surface area contributed by atoms with Crippen LogP contribution in [-0.4, -0.2) is 0 Å². The lowest BCUT2D eigenvalue weighted by molar-refractivity contribution is 0.441. The van der Waals surface area contributed by atoms with Gasteiger partial charge in [-0.05, 0) is 29.8 Å². The molecular formula is C14H11FN2O. The first kappa shape index (κ1) is 12.1. The third kappa shape index (κ3) is 2.47. The lowest BCUT2D eigenvalue weighted by atomic mass is 10.1. The van der Waals surface area contributed by atoms with E-state index in [9.17, 15) is 4.39 Å². The Bertz CT molecular complexity index is 605. The number of halogens is 1. The molecule has 2 aromatic carbocycles. The molecule has 0 radical (unpaired) electrons. The van der Waals surface area contributed by atoms with Crippen molar-refractivity contribution >= 4 is 0 Å². The fourth-order valence-corrected chi connectivity index (χ4v) is 1.53. The molecule has 0 heterocycles. The van der Waals surface area contributed by atoms with E-state index in [1.165, 1.54) is 12.1 Å². The number of nitrogens with zero attached hydrogens (tertiary/aromatic N) is 1. The third-order valence-corrected chi connectivity index (χ3v) is 2.46. The molecule has 0 atom stereocenters. The van der Waals surface area contributed by atoms with Gasteiger partial charge in [-0.2, -0.15) is 5.26 Å². The van der Waals surface area contributed by atoms with Gasteiger partial charge in [0, 0.05) is 6.54 Å². The van der Waals surface area contributed by atoms with E-state index < -0.39 is 5.82 Å².